The standard InChI is InChI=1S/C14H21NO4S/c1-6-13(14(16)19-4)15(20(5,17)18)12-8-7-10(2)11(3)9-12/h7-9,13H,6H2,1-5H3. The van der Waals surface area contributed by atoms with Crippen LogP contribution in [-0.4, -0.2) is 33.8 Å². The number of esters is 1. The quantitative estimate of drug-likeness (QED) is 0.780. The molecule has 0 aliphatic carbocycles. The van der Waals surface area contributed by atoms with Crippen LogP contribution in [0.3, 0.4) is 0 Å². The number of hydrogen-bond donors (Lipinski definition) is 0. The minimum absolute atomic E-state index is 0.340. The summed E-state index contributed by atoms with van der Waals surface area (Å²) in [6.07, 6.45) is 1.43. The van der Waals surface area contributed by atoms with Crippen LogP contribution in [-0.2, 0) is 19.6 Å². The lowest BCUT2D eigenvalue weighted by Gasteiger charge is -2.29. The molecule has 0 saturated heterocycles. The Balaban J connectivity index is 3.39. The average Bonchev–Trinajstić information content (AvgIpc) is 2.37. The smallest absolute Gasteiger partial charge is 0.329 e. The van der Waals surface area contributed by atoms with Crippen molar-refractivity contribution < 1.29 is 17.9 Å². The predicted octanol–water partition coefficient (Wildman–Crippen LogP) is 2.02. The monoisotopic (exact) mass is 299 g/mol. The van der Waals surface area contributed by atoms with Crippen molar-refractivity contribution >= 4 is 21.7 Å². The minimum atomic E-state index is -3.58. The number of aryl methyl sites for hydroxylation is 2. The Hall–Kier alpha value is -1.56. The Labute approximate surface area is 120 Å². The third-order valence-corrected chi connectivity index (χ3v) is 4.43. The Bertz CT molecular complexity index is 595. The van der Waals surface area contributed by atoms with E-state index in [0.29, 0.717) is 12.1 Å². The van der Waals surface area contributed by atoms with Gasteiger partial charge in [-0.1, -0.05) is 13.0 Å². The maximum absolute atomic E-state index is 12.1. The number of ether oxygens (including phenoxy) is 1. The molecular weight excluding hydrogens is 278 g/mol. The van der Waals surface area contributed by atoms with Crippen molar-refractivity contribution in [2.24, 2.45) is 0 Å². The van der Waals surface area contributed by atoms with E-state index in [1.54, 1.807) is 19.1 Å². The highest BCUT2D eigenvalue weighted by Gasteiger charge is 2.32. The summed E-state index contributed by atoms with van der Waals surface area (Å²) in [4.78, 5) is 11.8. The molecule has 0 spiro atoms. The van der Waals surface area contributed by atoms with Gasteiger partial charge in [-0.3, -0.25) is 4.31 Å². The number of rotatable bonds is 5. The highest BCUT2D eigenvalue weighted by molar-refractivity contribution is 7.92. The van der Waals surface area contributed by atoms with Crippen molar-refractivity contribution in [2.45, 2.75) is 33.2 Å². The van der Waals surface area contributed by atoms with Gasteiger partial charge in [0.2, 0.25) is 10.0 Å². The molecule has 0 fully saturated rings. The SMILES string of the molecule is CCC(C(=O)OC)N(c1ccc(C)c(C)c1)S(C)(=O)=O. The molecule has 1 rings (SSSR count). The van der Waals surface area contributed by atoms with Gasteiger partial charge in [-0.25, -0.2) is 13.2 Å². The number of nitrogens with zero attached hydrogens (tertiary/aromatic N) is 1. The molecule has 0 bridgehead atoms. The summed E-state index contributed by atoms with van der Waals surface area (Å²) in [5.41, 5.74) is 2.51. The Morgan fingerprint density at radius 2 is 1.90 bits per heavy atom. The van der Waals surface area contributed by atoms with E-state index in [1.807, 2.05) is 19.9 Å². The molecule has 0 N–H and O–H groups in total. The molecule has 0 aliphatic rings. The first-order valence-corrected chi connectivity index (χ1v) is 8.21. The number of hydrogen-bond acceptors (Lipinski definition) is 4. The molecule has 20 heavy (non-hydrogen) atoms. The van der Waals surface area contributed by atoms with E-state index in [4.69, 9.17) is 4.74 Å². The fourth-order valence-corrected chi connectivity index (χ4v) is 3.22. The Morgan fingerprint density at radius 1 is 1.30 bits per heavy atom. The van der Waals surface area contributed by atoms with Crippen LogP contribution >= 0.6 is 0 Å². The molecule has 1 atom stereocenters. The van der Waals surface area contributed by atoms with Gasteiger partial charge in [-0.15, -0.1) is 0 Å². The largest absolute Gasteiger partial charge is 0.467 e. The van der Waals surface area contributed by atoms with Crippen molar-refractivity contribution in [1.29, 1.82) is 0 Å². The zero-order valence-electron chi connectivity index (χ0n) is 12.5. The summed E-state index contributed by atoms with van der Waals surface area (Å²) in [7, 11) is -2.33. The third-order valence-electron chi connectivity index (χ3n) is 3.25. The van der Waals surface area contributed by atoms with E-state index in [1.165, 1.54) is 7.11 Å². The van der Waals surface area contributed by atoms with Gasteiger partial charge in [0.25, 0.3) is 0 Å². The zero-order valence-corrected chi connectivity index (χ0v) is 13.3. The zero-order chi connectivity index (χ0) is 15.5. The van der Waals surface area contributed by atoms with Crippen LogP contribution in [0.1, 0.15) is 24.5 Å². The third kappa shape index (κ3) is 3.50. The summed E-state index contributed by atoms with van der Waals surface area (Å²) in [6, 6.07) is 4.46. The fourth-order valence-electron chi connectivity index (χ4n) is 2.03. The van der Waals surface area contributed by atoms with Gasteiger partial charge < -0.3 is 4.74 Å². The molecule has 0 heterocycles. The Kier molecular flexibility index (Phi) is 5.16. The highest BCUT2D eigenvalue weighted by Crippen LogP contribution is 2.25. The van der Waals surface area contributed by atoms with Gasteiger partial charge in [0.15, 0.2) is 0 Å². The van der Waals surface area contributed by atoms with Crippen molar-refractivity contribution in [1.82, 2.24) is 0 Å². The van der Waals surface area contributed by atoms with Crippen LogP contribution in [0.2, 0.25) is 0 Å². The molecule has 1 unspecified atom stereocenters. The number of sulfonamides is 1. The van der Waals surface area contributed by atoms with Crippen LogP contribution in [0.5, 0.6) is 0 Å². The van der Waals surface area contributed by atoms with Crippen molar-refractivity contribution in [2.75, 3.05) is 17.7 Å². The van der Waals surface area contributed by atoms with E-state index < -0.39 is 22.0 Å². The molecule has 1 aromatic carbocycles. The maximum Gasteiger partial charge on any atom is 0.329 e. The van der Waals surface area contributed by atoms with Gasteiger partial charge in [0, 0.05) is 0 Å². The number of carbonyl (C=O) groups excluding carboxylic acids is 1. The van der Waals surface area contributed by atoms with E-state index in [9.17, 15) is 13.2 Å². The van der Waals surface area contributed by atoms with Crippen molar-refractivity contribution in [3.8, 4) is 0 Å². The van der Waals surface area contributed by atoms with E-state index in [-0.39, 0.29) is 0 Å². The number of methoxy groups -OCH3 is 1. The fraction of sp³-hybridized carbons (Fsp3) is 0.500. The molecule has 1 aromatic rings. The molecule has 6 heteroatoms. The number of carbonyl (C=O) groups is 1. The minimum Gasteiger partial charge on any atom is -0.467 e. The number of benzene rings is 1. The van der Waals surface area contributed by atoms with E-state index >= 15 is 0 Å². The molecule has 0 saturated carbocycles. The lowest BCUT2D eigenvalue weighted by atomic mass is 10.1. The van der Waals surface area contributed by atoms with Crippen LogP contribution in [0.4, 0.5) is 5.69 Å². The molecule has 112 valence electrons. The lowest BCUT2D eigenvalue weighted by Crippen LogP contribution is -2.45. The van der Waals surface area contributed by atoms with Crippen molar-refractivity contribution in [3.63, 3.8) is 0 Å². The van der Waals surface area contributed by atoms with Gasteiger partial charge in [0.05, 0.1) is 19.1 Å². The molecule has 0 aromatic heterocycles. The summed E-state index contributed by atoms with van der Waals surface area (Å²) in [5, 5.41) is 0. The second-order valence-corrected chi connectivity index (χ2v) is 6.63. The van der Waals surface area contributed by atoms with Gasteiger partial charge in [-0.05, 0) is 43.5 Å². The summed E-state index contributed by atoms with van der Waals surface area (Å²) in [5.74, 6) is -0.559. The first-order valence-electron chi connectivity index (χ1n) is 6.36. The second kappa shape index (κ2) is 6.26. The first-order chi connectivity index (χ1) is 9.22. The number of anilines is 1. The Morgan fingerprint density at radius 3 is 2.30 bits per heavy atom. The van der Waals surface area contributed by atoms with Crippen LogP contribution in [0, 0.1) is 13.8 Å². The van der Waals surface area contributed by atoms with E-state index in [2.05, 4.69) is 0 Å². The molecule has 5 nitrogen and oxygen atoms in total. The predicted molar refractivity (Wildman–Crippen MR) is 79.3 cm³/mol. The summed E-state index contributed by atoms with van der Waals surface area (Å²) < 4.78 is 30.0. The second-order valence-electron chi connectivity index (χ2n) is 4.77. The van der Waals surface area contributed by atoms with Crippen LogP contribution < -0.4 is 4.31 Å². The molecule has 0 amide bonds. The first kappa shape index (κ1) is 16.5. The van der Waals surface area contributed by atoms with E-state index in [0.717, 1.165) is 21.7 Å². The molecule has 0 radical (unpaired) electrons. The average molecular weight is 299 g/mol. The summed E-state index contributed by atoms with van der Waals surface area (Å²) in [6.45, 7) is 5.60. The lowest BCUT2D eigenvalue weighted by molar-refractivity contribution is -0.142. The van der Waals surface area contributed by atoms with Crippen LogP contribution in [0.15, 0.2) is 18.2 Å². The van der Waals surface area contributed by atoms with Gasteiger partial charge in [-0.2, -0.15) is 0 Å². The van der Waals surface area contributed by atoms with Gasteiger partial charge >= 0.3 is 5.97 Å². The normalized spacial score (nSPS) is 12.8. The van der Waals surface area contributed by atoms with Crippen molar-refractivity contribution in [3.05, 3.63) is 29.3 Å². The van der Waals surface area contributed by atoms with Crippen LogP contribution in [0.25, 0.3) is 0 Å². The molecule has 0 aliphatic heterocycles. The van der Waals surface area contributed by atoms with Gasteiger partial charge in [0.1, 0.15) is 6.04 Å². The topological polar surface area (TPSA) is 63.7 Å². The summed E-state index contributed by atoms with van der Waals surface area (Å²) >= 11 is 0. The molecular formula is C14H21NO4S. The highest BCUT2D eigenvalue weighted by atomic mass is 32.2. The maximum atomic E-state index is 12.1.